The standard InChI is InChI=1S/C13H18FNO2/c1-4-15-12(13(16)17-5-2)11-7-6-10(14)8-9(11)3/h6-8,12,15H,4-5H2,1-3H3. The van der Waals surface area contributed by atoms with Gasteiger partial charge in [-0.2, -0.15) is 0 Å². The van der Waals surface area contributed by atoms with Crippen LogP contribution < -0.4 is 5.32 Å². The molecule has 0 aliphatic carbocycles. The van der Waals surface area contributed by atoms with E-state index in [1.165, 1.54) is 12.1 Å². The Kier molecular flexibility index (Phi) is 5.10. The monoisotopic (exact) mass is 239 g/mol. The van der Waals surface area contributed by atoms with Crippen molar-refractivity contribution in [3.05, 3.63) is 35.1 Å². The summed E-state index contributed by atoms with van der Waals surface area (Å²) < 4.78 is 18.0. The zero-order valence-corrected chi connectivity index (χ0v) is 10.4. The van der Waals surface area contributed by atoms with Crippen LogP contribution in [0.4, 0.5) is 4.39 Å². The number of aryl methyl sites for hydroxylation is 1. The van der Waals surface area contributed by atoms with Crippen molar-refractivity contribution in [1.29, 1.82) is 0 Å². The van der Waals surface area contributed by atoms with Crippen molar-refractivity contribution in [2.75, 3.05) is 13.2 Å². The molecule has 1 rings (SSSR count). The molecule has 0 aromatic heterocycles. The molecule has 1 unspecified atom stereocenters. The normalized spacial score (nSPS) is 12.2. The summed E-state index contributed by atoms with van der Waals surface area (Å²) in [6.45, 7) is 6.42. The molecule has 1 aromatic rings. The molecule has 1 N–H and O–H groups in total. The minimum Gasteiger partial charge on any atom is -0.465 e. The van der Waals surface area contributed by atoms with Gasteiger partial charge in [0.15, 0.2) is 0 Å². The number of ether oxygens (including phenoxy) is 1. The highest BCUT2D eigenvalue weighted by Crippen LogP contribution is 2.20. The SMILES string of the molecule is CCNC(C(=O)OCC)c1ccc(F)cc1C. The molecule has 0 aliphatic rings. The summed E-state index contributed by atoms with van der Waals surface area (Å²) in [5.74, 6) is -0.630. The van der Waals surface area contributed by atoms with E-state index in [0.717, 1.165) is 11.1 Å². The number of carbonyl (C=O) groups is 1. The van der Waals surface area contributed by atoms with E-state index in [-0.39, 0.29) is 11.8 Å². The van der Waals surface area contributed by atoms with E-state index >= 15 is 0 Å². The van der Waals surface area contributed by atoms with Gasteiger partial charge in [-0.05, 0) is 43.7 Å². The number of halogens is 1. The molecule has 0 aliphatic heterocycles. The maximum Gasteiger partial charge on any atom is 0.327 e. The Morgan fingerprint density at radius 2 is 2.18 bits per heavy atom. The van der Waals surface area contributed by atoms with Crippen LogP contribution in [0.5, 0.6) is 0 Å². The smallest absolute Gasteiger partial charge is 0.327 e. The molecular weight excluding hydrogens is 221 g/mol. The van der Waals surface area contributed by atoms with E-state index in [1.807, 2.05) is 6.92 Å². The summed E-state index contributed by atoms with van der Waals surface area (Å²) in [4.78, 5) is 11.8. The van der Waals surface area contributed by atoms with Crippen molar-refractivity contribution < 1.29 is 13.9 Å². The lowest BCUT2D eigenvalue weighted by molar-refractivity contribution is -0.145. The van der Waals surface area contributed by atoms with Crippen LogP contribution in [-0.4, -0.2) is 19.1 Å². The summed E-state index contributed by atoms with van der Waals surface area (Å²) in [5, 5.41) is 3.05. The van der Waals surface area contributed by atoms with Gasteiger partial charge in [0, 0.05) is 0 Å². The predicted octanol–water partition coefficient (Wildman–Crippen LogP) is 2.35. The molecule has 0 spiro atoms. The number of hydrogen-bond acceptors (Lipinski definition) is 3. The molecule has 0 heterocycles. The molecule has 1 aromatic carbocycles. The third-order valence-corrected chi connectivity index (χ3v) is 2.47. The van der Waals surface area contributed by atoms with Crippen molar-refractivity contribution in [1.82, 2.24) is 5.32 Å². The van der Waals surface area contributed by atoms with Crippen LogP contribution in [-0.2, 0) is 9.53 Å². The van der Waals surface area contributed by atoms with Gasteiger partial charge in [-0.3, -0.25) is 0 Å². The van der Waals surface area contributed by atoms with Gasteiger partial charge >= 0.3 is 5.97 Å². The van der Waals surface area contributed by atoms with Gasteiger partial charge in [0.2, 0.25) is 0 Å². The highest BCUT2D eigenvalue weighted by atomic mass is 19.1. The van der Waals surface area contributed by atoms with Gasteiger partial charge in [-0.15, -0.1) is 0 Å². The topological polar surface area (TPSA) is 38.3 Å². The fraction of sp³-hybridized carbons (Fsp3) is 0.462. The Morgan fingerprint density at radius 1 is 1.47 bits per heavy atom. The Labute approximate surface area is 101 Å². The summed E-state index contributed by atoms with van der Waals surface area (Å²) in [6.07, 6.45) is 0. The lowest BCUT2D eigenvalue weighted by Crippen LogP contribution is -2.30. The van der Waals surface area contributed by atoms with Crippen LogP contribution in [0.2, 0.25) is 0 Å². The van der Waals surface area contributed by atoms with Gasteiger partial charge < -0.3 is 10.1 Å². The van der Waals surface area contributed by atoms with Crippen molar-refractivity contribution in [3.63, 3.8) is 0 Å². The second-order valence-corrected chi connectivity index (χ2v) is 3.74. The van der Waals surface area contributed by atoms with Crippen LogP contribution >= 0.6 is 0 Å². The van der Waals surface area contributed by atoms with E-state index in [4.69, 9.17) is 4.74 Å². The zero-order valence-electron chi connectivity index (χ0n) is 10.4. The number of hydrogen-bond donors (Lipinski definition) is 1. The van der Waals surface area contributed by atoms with Crippen LogP contribution in [0.1, 0.15) is 31.0 Å². The number of nitrogens with one attached hydrogen (secondary N) is 1. The fourth-order valence-corrected chi connectivity index (χ4v) is 1.71. The Hall–Kier alpha value is -1.42. The second-order valence-electron chi connectivity index (χ2n) is 3.74. The van der Waals surface area contributed by atoms with E-state index in [0.29, 0.717) is 13.2 Å². The predicted molar refractivity (Wildman–Crippen MR) is 64.2 cm³/mol. The van der Waals surface area contributed by atoms with Crippen LogP contribution in [0.25, 0.3) is 0 Å². The first-order valence-corrected chi connectivity index (χ1v) is 5.76. The molecule has 17 heavy (non-hydrogen) atoms. The Morgan fingerprint density at radius 3 is 2.71 bits per heavy atom. The first kappa shape index (κ1) is 13.6. The Balaban J connectivity index is 3.00. The fourth-order valence-electron chi connectivity index (χ4n) is 1.71. The summed E-state index contributed by atoms with van der Waals surface area (Å²) in [7, 11) is 0. The number of benzene rings is 1. The molecule has 0 saturated heterocycles. The summed E-state index contributed by atoms with van der Waals surface area (Å²) >= 11 is 0. The largest absolute Gasteiger partial charge is 0.465 e. The van der Waals surface area contributed by atoms with Gasteiger partial charge in [-0.25, -0.2) is 9.18 Å². The minimum absolute atomic E-state index is 0.301. The third kappa shape index (κ3) is 3.53. The number of likely N-dealkylation sites (N-methyl/N-ethyl adjacent to an activating group) is 1. The van der Waals surface area contributed by atoms with E-state index in [2.05, 4.69) is 5.32 Å². The first-order valence-electron chi connectivity index (χ1n) is 5.76. The minimum atomic E-state index is -0.527. The molecule has 3 nitrogen and oxygen atoms in total. The molecule has 4 heteroatoms. The lowest BCUT2D eigenvalue weighted by atomic mass is 10.0. The van der Waals surface area contributed by atoms with Gasteiger partial charge in [0.05, 0.1) is 6.61 Å². The van der Waals surface area contributed by atoms with Gasteiger partial charge in [0.1, 0.15) is 11.9 Å². The van der Waals surface area contributed by atoms with Crippen molar-refractivity contribution in [3.8, 4) is 0 Å². The Bertz CT molecular complexity index is 393. The number of carbonyl (C=O) groups excluding carboxylic acids is 1. The zero-order chi connectivity index (χ0) is 12.8. The first-order chi connectivity index (χ1) is 8.10. The van der Waals surface area contributed by atoms with Gasteiger partial charge in [-0.1, -0.05) is 13.0 Å². The quantitative estimate of drug-likeness (QED) is 0.801. The molecule has 94 valence electrons. The van der Waals surface area contributed by atoms with Crippen molar-refractivity contribution in [2.24, 2.45) is 0 Å². The van der Waals surface area contributed by atoms with E-state index in [9.17, 15) is 9.18 Å². The number of rotatable bonds is 5. The molecule has 0 fully saturated rings. The highest BCUT2D eigenvalue weighted by molar-refractivity contribution is 5.78. The summed E-state index contributed by atoms with van der Waals surface area (Å²) in [5.41, 5.74) is 1.50. The van der Waals surface area contributed by atoms with Gasteiger partial charge in [0.25, 0.3) is 0 Å². The average Bonchev–Trinajstić information content (AvgIpc) is 2.27. The lowest BCUT2D eigenvalue weighted by Gasteiger charge is -2.18. The van der Waals surface area contributed by atoms with Crippen molar-refractivity contribution >= 4 is 5.97 Å². The molecule has 0 bridgehead atoms. The van der Waals surface area contributed by atoms with Crippen LogP contribution in [0.15, 0.2) is 18.2 Å². The van der Waals surface area contributed by atoms with E-state index in [1.54, 1.807) is 19.9 Å². The molecule has 0 radical (unpaired) electrons. The maximum absolute atomic E-state index is 13.0. The van der Waals surface area contributed by atoms with Crippen molar-refractivity contribution in [2.45, 2.75) is 26.8 Å². The van der Waals surface area contributed by atoms with Crippen LogP contribution in [0, 0.1) is 12.7 Å². The highest BCUT2D eigenvalue weighted by Gasteiger charge is 2.22. The molecule has 0 saturated carbocycles. The molecule has 0 amide bonds. The number of esters is 1. The molecule has 1 atom stereocenters. The average molecular weight is 239 g/mol. The summed E-state index contributed by atoms with van der Waals surface area (Å²) in [6, 6.07) is 3.86. The maximum atomic E-state index is 13.0. The van der Waals surface area contributed by atoms with Crippen LogP contribution in [0.3, 0.4) is 0 Å². The molecular formula is C13H18FNO2. The van der Waals surface area contributed by atoms with E-state index < -0.39 is 6.04 Å². The second kappa shape index (κ2) is 6.35. The third-order valence-electron chi connectivity index (χ3n) is 2.47.